The first kappa shape index (κ1) is 81.3. The minimum absolute atomic E-state index is 0.149. The Hall–Kier alpha value is -12.4. The zero-order valence-electron chi connectivity index (χ0n) is 59.1. The summed E-state index contributed by atoms with van der Waals surface area (Å²) in [7, 11) is -7.24. The zero-order valence-corrected chi connectivity index (χ0v) is 62.6. The third kappa shape index (κ3) is 24.1. The fourth-order valence-electron chi connectivity index (χ4n) is 10.9. The molecule has 0 atom stereocenters. The van der Waals surface area contributed by atoms with E-state index >= 15 is 0 Å². The number of amides is 5. The molecule has 0 aliphatic carbocycles. The van der Waals surface area contributed by atoms with Gasteiger partial charge < -0.3 is 41.7 Å². The van der Waals surface area contributed by atoms with Gasteiger partial charge in [0.2, 0.25) is 22.8 Å². The minimum Gasteiger partial charge on any atom is -0.366 e. The van der Waals surface area contributed by atoms with E-state index < -0.39 is 39.9 Å². The first-order valence-electron chi connectivity index (χ1n) is 34.2. The van der Waals surface area contributed by atoms with Crippen molar-refractivity contribution in [2.24, 2.45) is 10.8 Å². The Labute approximate surface area is 634 Å². The summed E-state index contributed by atoms with van der Waals surface area (Å²) in [6.07, 6.45) is 0.822. The standard InChI is InChI=1S/C28H25N2O3P.C21H19OPS.C19H16NO2P.C9H10N4O.C9H9N3O/c31-27(29-20-22-12-4-1-5-13-22)21-30-28(32)25-18-10-11-19-26(25)34(33,23-14-6-2-7-15-23)24-16-8-3-9-17-24;1-2-24-21(22)19-15-9-10-16-20(19)23(17-11-5-3-6-12-17)18-13-7-4-8-14-18;20-19(21)17-13-7-8-14-18(17)23(22,15-9-3-1-4-10-15)16-11-5-2-6-12-16;10-13-12-7-9(14)11-6-8-4-2-1-3-5-8;10-12-7-9(13)11-6-8-4-2-1-3-5-8/h1-19H,20-21H2,(H,29,31)(H,30,32);3-16H,2H2,1H3;1-14H,(H2,20,21);1-5H,6-7H2,(H,11,14);1-5,7H,6H2,(H,11,13). The van der Waals surface area contributed by atoms with Crippen LogP contribution in [0.1, 0.15) is 54.7 Å². The Morgan fingerprint density at radius 1 is 0.417 bits per heavy atom. The average molecular weight is 1510 g/mol. The molecule has 12 aromatic carbocycles. The van der Waals surface area contributed by atoms with Crippen molar-refractivity contribution >= 4 is 123 Å². The SMILES string of the molecule is CCSC(=O)c1ccccc1P(c1ccccc1)c1ccccc1.NC(=O)c1ccccc1P(=O)(c1ccccc1)c1ccccc1.O=C(CNC(=O)c1ccccc1P(=O)(c1ccccc1)c1ccccc1)NCc1ccccc1.[N-]=[N+]=CC(=O)NCc1ccccc1.[N-]=[N+]=NCC(=O)NCc1ccccc1. The van der Waals surface area contributed by atoms with Gasteiger partial charge in [0.15, 0.2) is 14.3 Å². The molecular formula is C86H79N10O8P3S. The monoisotopic (exact) mass is 1500 g/mol. The maximum Gasteiger partial charge on any atom is 0.344 e. The summed E-state index contributed by atoms with van der Waals surface area (Å²) < 4.78 is 28.8. The van der Waals surface area contributed by atoms with Crippen LogP contribution in [0.5, 0.6) is 0 Å². The van der Waals surface area contributed by atoms with Gasteiger partial charge in [-0.25, -0.2) is 0 Å². The number of benzene rings is 12. The molecule has 5 amide bonds. The zero-order chi connectivity index (χ0) is 76.6. The summed E-state index contributed by atoms with van der Waals surface area (Å²) in [5.41, 5.74) is 25.9. The summed E-state index contributed by atoms with van der Waals surface area (Å²) in [5, 5.41) is 21.2. The first-order valence-corrected chi connectivity index (χ1v) is 39.9. The minimum atomic E-state index is -3.33. The van der Waals surface area contributed by atoms with Crippen LogP contribution < -0.4 is 74.7 Å². The van der Waals surface area contributed by atoms with E-state index in [2.05, 4.69) is 90.7 Å². The second-order valence-electron chi connectivity index (χ2n) is 23.2. The maximum atomic E-state index is 14.7. The van der Waals surface area contributed by atoms with Crippen molar-refractivity contribution in [1.29, 1.82) is 0 Å². The Morgan fingerprint density at radius 2 is 0.750 bits per heavy atom. The number of azide groups is 1. The second-order valence-corrected chi connectivity index (χ2v) is 32.1. The smallest absolute Gasteiger partial charge is 0.344 e. The Balaban J connectivity index is 0.000000178. The molecule has 6 N–H and O–H groups in total. The van der Waals surface area contributed by atoms with Gasteiger partial charge in [0.1, 0.15) is 6.54 Å². The van der Waals surface area contributed by atoms with Crippen LogP contribution in [0.25, 0.3) is 16.0 Å². The van der Waals surface area contributed by atoms with Crippen molar-refractivity contribution in [2.45, 2.75) is 26.6 Å². The molecule has 0 fully saturated rings. The molecule has 0 saturated carbocycles. The molecule has 542 valence electrons. The molecule has 0 aromatic heterocycles. The molecule has 0 unspecified atom stereocenters. The van der Waals surface area contributed by atoms with E-state index in [-0.39, 0.29) is 35.6 Å². The van der Waals surface area contributed by atoms with Crippen LogP contribution >= 0.6 is 34.0 Å². The fourth-order valence-corrected chi connectivity index (χ4v) is 19.7. The highest BCUT2D eigenvalue weighted by molar-refractivity contribution is 8.14. The maximum absolute atomic E-state index is 14.7. The fraction of sp³-hybridized carbons (Fsp3) is 0.0814. The van der Waals surface area contributed by atoms with E-state index in [9.17, 15) is 37.9 Å². The number of thioether (sulfide) groups is 1. The molecule has 18 nitrogen and oxygen atoms in total. The highest BCUT2D eigenvalue weighted by Crippen LogP contribution is 2.44. The van der Waals surface area contributed by atoms with Gasteiger partial charge in [0.25, 0.3) is 5.91 Å². The summed E-state index contributed by atoms with van der Waals surface area (Å²) >= 11 is 1.38. The van der Waals surface area contributed by atoms with E-state index in [1.54, 1.807) is 48.5 Å². The van der Waals surface area contributed by atoms with E-state index in [4.69, 9.17) is 16.8 Å². The molecule has 12 rings (SSSR count). The molecular weight excluding hydrogens is 1430 g/mol. The summed E-state index contributed by atoms with van der Waals surface area (Å²) in [5.74, 6) is -1.21. The Morgan fingerprint density at radius 3 is 1.14 bits per heavy atom. The molecule has 22 heteroatoms. The highest BCUT2D eigenvalue weighted by Gasteiger charge is 2.35. The van der Waals surface area contributed by atoms with Crippen LogP contribution in [0.4, 0.5) is 0 Å². The highest BCUT2D eigenvalue weighted by atomic mass is 32.2. The van der Waals surface area contributed by atoms with Crippen molar-refractivity contribution in [1.82, 2.24) is 21.3 Å². The van der Waals surface area contributed by atoms with E-state index in [1.807, 2.05) is 250 Å². The van der Waals surface area contributed by atoms with Gasteiger partial charge in [0, 0.05) is 61.9 Å². The molecule has 0 aliphatic rings. The molecule has 0 aliphatic heterocycles. The third-order valence-corrected chi connectivity index (χ3v) is 25.5. The lowest BCUT2D eigenvalue weighted by Gasteiger charge is -2.22. The van der Waals surface area contributed by atoms with Gasteiger partial charge in [0.05, 0.1) is 17.7 Å². The summed E-state index contributed by atoms with van der Waals surface area (Å²) in [6, 6.07) is 108. The number of carbonyl (C=O) groups is 6. The van der Waals surface area contributed by atoms with Gasteiger partial charge in [-0.05, 0) is 70.0 Å². The van der Waals surface area contributed by atoms with Crippen molar-refractivity contribution in [3.63, 3.8) is 0 Å². The predicted molar refractivity (Wildman–Crippen MR) is 439 cm³/mol. The lowest BCUT2D eigenvalue weighted by atomic mass is 10.2. The van der Waals surface area contributed by atoms with Crippen LogP contribution in [0.2, 0.25) is 0 Å². The Kier molecular flexibility index (Phi) is 32.9. The number of hydrogen-bond donors (Lipinski definition) is 5. The molecule has 0 bridgehead atoms. The number of carbonyl (C=O) groups excluding carboxylic acids is 6. The topological polar surface area (TPSA) is 296 Å². The number of nitrogens with zero attached hydrogens (tertiary/aromatic N) is 5. The first-order chi connectivity index (χ1) is 52.7. The molecule has 108 heavy (non-hydrogen) atoms. The molecule has 12 aromatic rings. The van der Waals surface area contributed by atoms with Crippen LogP contribution in [0.15, 0.2) is 351 Å². The Bertz CT molecular complexity index is 4950. The summed E-state index contributed by atoms with van der Waals surface area (Å²) in [6.45, 7) is 2.96. The van der Waals surface area contributed by atoms with E-state index in [1.165, 1.54) is 22.4 Å². The molecule has 0 spiro atoms. The summed E-state index contributed by atoms with van der Waals surface area (Å²) in [4.78, 5) is 76.8. The average Bonchev–Trinajstić information content (AvgIpc) is 0.764. The largest absolute Gasteiger partial charge is 0.366 e. The quantitative estimate of drug-likeness (QED) is 0.0126. The molecule has 0 heterocycles. The van der Waals surface area contributed by atoms with E-state index in [0.717, 1.165) is 39.5 Å². The number of hydrogen-bond acceptors (Lipinski definition) is 10. The van der Waals surface area contributed by atoms with Gasteiger partial charge in [-0.15, -0.1) is 0 Å². The van der Waals surface area contributed by atoms with Gasteiger partial charge in [-0.3, -0.25) is 28.8 Å². The number of rotatable bonds is 24. The second kappa shape index (κ2) is 43.8. The predicted octanol–water partition coefficient (Wildman–Crippen LogP) is 12.4. The lowest BCUT2D eigenvalue weighted by Crippen LogP contribution is -2.39. The molecule has 0 radical (unpaired) electrons. The van der Waals surface area contributed by atoms with Crippen LogP contribution in [0.3, 0.4) is 0 Å². The van der Waals surface area contributed by atoms with Crippen LogP contribution in [0, 0.1) is 0 Å². The van der Waals surface area contributed by atoms with Crippen LogP contribution in [-0.2, 0) is 43.1 Å². The lowest BCUT2D eigenvalue weighted by molar-refractivity contribution is -0.120. The van der Waals surface area contributed by atoms with Gasteiger partial charge in [-0.2, -0.15) is 4.79 Å². The number of nitrogens with two attached hydrogens (primary N) is 1. The van der Waals surface area contributed by atoms with Crippen LogP contribution in [-0.4, -0.2) is 64.5 Å². The number of nitrogens with one attached hydrogen (secondary N) is 4. The van der Waals surface area contributed by atoms with Crippen molar-refractivity contribution in [3.8, 4) is 0 Å². The third-order valence-electron chi connectivity index (χ3n) is 16.0. The van der Waals surface area contributed by atoms with Gasteiger partial charge in [-0.1, -0.05) is 351 Å². The van der Waals surface area contributed by atoms with Gasteiger partial charge >= 0.3 is 12.1 Å². The van der Waals surface area contributed by atoms with Crippen molar-refractivity contribution in [2.75, 3.05) is 18.8 Å². The van der Waals surface area contributed by atoms with Crippen molar-refractivity contribution in [3.05, 3.63) is 395 Å². The normalized spacial score (nSPS) is 10.4. The molecule has 0 saturated heterocycles. The van der Waals surface area contributed by atoms with Crippen molar-refractivity contribution < 1.29 is 42.7 Å². The number of primary amides is 1. The van der Waals surface area contributed by atoms with E-state index in [0.29, 0.717) is 57.0 Å².